The van der Waals surface area contributed by atoms with Gasteiger partial charge in [0.05, 0.1) is 5.69 Å². The average Bonchev–Trinajstić information content (AvgIpc) is 2.50. The van der Waals surface area contributed by atoms with Gasteiger partial charge in [-0.3, -0.25) is 4.68 Å². The maximum absolute atomic E-state index is 6.01. The van der Waals surface area contributed by atoms with Crippen LogP contribution in [0.1, 0.15) is 32.4 Å². The first-order valence-corrected chi connectivity index (χ1v) is 5.22. The summed E-state index contributed by atoms with van der Waals surface area (Å²) in [6.07, 6.45) is 5.01. The molecule has 0 aliphatic heterocycles. The predicted molar refractivity (Wildman–Crippen MR) is 56.8 cm³/mol. The fourth-order valence-corrected chi connectivity index (χ4v) is 1.52. The highest BCUT2D eigenvalue weighted by molar-refractivity contribution is 4.95. The summed E-state index contributed by atoms with van der Waals surface area (Å²) in [6.45, 7) is 4.43. The van der Waals surface area contributed by atoms with E-state index >= 15 is 0 Å². The van der Waals surface area contributed by atoms with E-state index in [2.05, 4.69) is 24.2 Å². The monoisotopic (exact) mass is 196 g/mol. The molecule has 0 bridgehead atoms. The van der Waals surface area contributed by atoms with E-state index in [0.717, 1.165) is 18.5 Å². The van der Waals surface area contributed by atoms with Gasteiger partial charge in [-0.1, -0.05) is 25.5 Å². The number of aryl methyl sites for hydroxylation is 1. The van der Waals surface area contributed by atoms with Gasteiger partial charge in [-0.2, -0.15) is 0 Å². The van der Waals surface area contributed by atoms with Crippen LogP contribution in [0.25, 0.3) is 0 Å². The smallest absolute Gasteiger partial charge is 0.0842 e. The number of hydrogen-bond donors (Lipinski definition) is 1. The van der Waals surface area contributed by atoms with E-state index in [0.29, 0.717) is 5.92 Å². The van der Waals surface area contributed by atoms with E-state index in [4.69, 9.17) is 5.73 Å². The Morgan fingerprint density at radius 2 is 2.29 bits per heavy atom. The molecule has 1 heterocycles. The third kappa shape index (κ3) is 3.46. The Balaban J connectivity index is 2.37. The molecule has 0 aromatic carbocycles. The summed E-state index contributed by atoms with van der Waals surface area (Å²) >= 11 is 0. The molecule has 0 fully saturated rings. The van der Waals surface area contributed by atoms with E-state index in [9.17, 15) is 0 Å². The third-order valence-electron chi connectivity index (χ3n) is 2.52. The van der Waals surface area contributed by atoms with Gasteiger partial charge in [-0.25, -0.2) is 0 Å². The molecule has 2 atom stereocenters. The van der Waals surface area contributed by atoms with E-state index < -0.39 is 0 Å². The molecule has 2 N–H and O–H groups in total. The van der Waals surface area contributed by atoms with Crippen LogP contribution in [0.15, 0.2) is 6.20 Å². The molecule has 0 saturated heterocycles. The van der Waals surface area contributed by atoms with Crippen LogP contribution in [0.3, 0.4) is 0 Å². The largest absolute Gasteiger partial charge is 0.327 e. The van der Waals surface area contributed by atoms with Crippen molar-refractivity contribution in [2.24, 2.45) is 18.7 Å². The SMILES string of the molecule is CCC(C)CC(N)Cc1cn(C)nn1. The van der Waals surface area contributed by atoms with Crippen LogP contribution in [0.4, 0.5) is 0 Å². The highest BCUT2D eigenvalue weighted by Gasteiger charge is 2.10. The Kier molecular flexibility index (Phi) is 4.07. The normalized spacial score (nSPS) is 15.4. The van der Waals surface area contributed by atoms with Crippen molar-refractivity contribution in [3.8, 4) is 0 Å². The zero-order chi connectivity index (χ0) is 10.6. The summed E-state index contributed by atoms with van der Waals surface area (Å²) < 4.78 is 1.71. The number of nitrogens with zero attached hydrogens (tertiary/aromatic N) is 3. The summed E-state index contributed by atoms with van der Waals surface area (Å²) in [5.41, 5.74) is 7.00. The highest BCUT2D eigenvalue weighted by Crippen LogP contribution is 2.10. The fourth-order valence-electron chi connectivity index (χ4n) is 1.52. The number of rotatable bonds is 5. The van der Waals surface area contributed by atoms with Gasteiger partial charge >= 0.3 is 0 Å². The van der Waals surface area contributed by atoms with E-state index in [1.165, 1.54) is 6.42 Å². The molecule has 0 aliphatic carbocycles. The van der Waals surface area contributed by atoms with E-state index in [1.807, 2.05) is 13.2 Å². The van der Waals surface area contributed by atoms with Crippen molar-refractivity contribution in [2.45, 2.75) is 39.2 Å². The van der Waals surface area contributed by atoms with Crippen molar-refractivity contribution in [1.29, 1.82) is 0 Å². The van der Waals surface area contributed by atoms with Gasteiger partial charge in [0.25, 0.3) is 0 Å². The van der Waals surface area contributed by atoms with Gasteiger partial charge in [-0.05, 0) is 12.3 Å². The lowest BCUT2D eigenvalue weighted by Gasteiger charge is -2.14. The standard InChI is InChI=1S/C10H20N4/c1-4-8(2)5-9(11)6-10-7-14(3)13-12-10/h7-9H,4-6,11H2,1-3H3. The van der Waals surface area contributed by atoms with E-state index in [-0.39, 0.29) is 6.04 Å². The average molecular weight is 196 g/mol. The van der Waals surface area contributed by atoms with Crippen LogP contribution >= 0.6 is 0 Å². The van der Waals surface area contributed by atoms with Gasteiger partial charge in [0, 0.05) is 25.7 Å². The van der Waals surface area contributed by atoms with E-state index in [1.54, 1.807) is 4.68 Å². The molecule has 4 nitrogen and oxygen atoms in total. The Morgan fingerprint density at radius 3 is 2.79 bits per heavy atom. The number of hydrogen-bond acceptors (Lipinski definition) is 3. The first-order valence-electron chi connectivity index (χ1n) is 5.22. The molecular formula is C10H20N4. The molecule has 2 unspecified atom stereocenters. The Morgan fingerprint density at radius 1 is 1.57 bits per heavy atom. The fraction of sp³-hybridized carbons (Fsp3) is 0.800. The second-order valence-corrected chi connectivity index (χ2v) is 4.10. The summed E-state index contributed by atoms with van der Waals surface area (Å²) in [4.78, 5) is 0. The zero-order valence-corrected chi connectivity index (χ0v) is 9.27. The molecule has 1 aromatic rings. The van der Waals surface area contributed by atoms with Crippen LogP contribution in [0.2, 0.25) is 0 Å². The molecule has 0 spiro atoms. The summed E-state index contributed by atoms with van der Waals surface area (Å²) in [5, 5.41) is 7.90. The van der Waals surface area contributed by atoms with Crippen molar-refractivity contribution in [1.82, 2.24) is 15.0 Å². The molecule has 1 rings (SSSR count). The molecule has 0 amide bonds. The number of aromatic nitrogens is 3. The van der Waals surface area contributed by atoms with Gasteiger partial charge in [0.2, 0.25) is 0 Å². The van der Waals surface area contributed by atoms with Crippen molar-refractivity contribution < 1.29 is 0 Å². The summed E-state index contributed by atoms with van der Waals surface area (Å²) in [5.74, 6) is 0.696. The predicted octanol–water partition coefficient (Wildman–Crippen LogP) is 1.12. The lowest BCUT2D eigenvalue weighted by molar-refractivity contribution is 0.448. The second-order valence-electron chi connectivity index (χ2n) is 4.10. The van der Waals surface area contributed by atoms with Crippen LogP contribution in [0, 0.1) is 5.92 Å². The van der Waals surface area contributed by atoms with Gasteiger partial charge in [-0.15, -0.1) is 5.10 Å². The molecule has 14 heavy (non-hydrogen) atoms. The minimum Gasteiger partial charge on any atom is -0.327 e. The van der Waals surface area contributed by atoms with Crippen LogP contribution in [0.5, 0.6) is 0 Å². The van der Waals surface area contributed by atoms with Crippen molar-refractivity contribution in [3.63, 3.8) is 0 Å². The van der Waals surface area contributed by atoms with Crippen molar-refractivity contribution in [2.75, 3.05) is 0 Å². The highest BCUT2D eigenvalue weighted by atomic mass is 15.4. The van der Waals surface area contributed by atoms with Gasteiger partial charge in [0.15, 0.2) is 0 Å². The van der Waals surface area contributed by atoms with Crippen molar-refractivity contribution >= 4 is 0 Å². The second kappa shape index (κ2) is 5.10. The number of nitrogens with two attached hydrogens (primary N) is 1. The maximum atomic E-state index is 6.01. The Labute approximate surface area is 85.5 Å². The lowest BCUT2D eigenvalue weighted by atomic mass is 9.97. The maximum Gasteiger partial charge on any atom is 0.0842 e. The van der Waals surface area contributed by atoms with Crippen LogP contribution in [-0.4, -0.2) is 21.0 Å². The van der Waals surface area contributed by atoms with Crippen LogP contribution < -0.4 is 5.73 Å². The minimum absolute atomic E-state index is 0.210. The molecular weight excluding hydrogens is 176 g/mol. The Bertz CT molecular complexity index is 269. The first-order chi connectivity index (χ1) is 6.61. The van der Waals surface area contributed by atoms with Gasteiger partial charge < -0.3 is 5.73 Å². The molecule has 80 valence electrons. The molecule has 0 aliphatic rings. The topological polar surface area (TPSA) is 56.7 Å². The minimum atomic E-state index is 0.210. The first kappa shape index (κ1) is 11.2. The zero-order valence-electron chi connectivity index (χ0n) is 9.27. The Hall–Kier alpha value is -0.900. The summed E-state index contributed by atoms with van der Waals surface area (Å²) in [6, 6.07) is 0.210. The summed E-state index contributed by atoms with van der Waals surface area (Å²) in [7, 11) is 1.87. The quantitative estimate of drug-likeness (QED) is 0.767. The molecule has 4 heteroatoms. The van der Waals surface area contributed by atoms with Gasteiger partial charge in [0.1, 0.15) is 0 Å². The van der Waals surface area contributed by atoms with Crippen LogP contribution in [-0.2, 0) is 13.5 Å². The van der Waals surface area contributed by atoms with Crippen molar-refractivity contribution in [3.05, 3.63) is 11.9 Å². The lowest BCUT2D eigenvalue weighted by Crippen LogP contribution is -2.25. The molecule has 0 saturated carbocycles. The third-order valence-corrected chi connectivity index (χ3v) is 2.52. The molecule has 1 aromatic heterocycles. The molecule has 0 radical (unpaired) electrons.